The number of benzene rings is 1. The minimum atomic E-state index is -1.08. The average Bonchev–Trinajstić information content (AvgIpc) is 2.83. The quantitative estimate of drug-likeness (QED) is 0.570. The van der Waals surface area contributed by atoms with Crippen molar-refractivity contribution in [1.29, 1.82) is 0 Å². The Bertz CT molecular complexity index is 1360. The molecule has 2 aliphatic rings. The molecule has 3 aromatic rings. The van der Waals surface area contributed by atoms with Crippen molar-refractivity contribution in [2.75, 3.05) is 11.9 Å². The molecular weight excluding hydrogens is 466 g/mol. The Morgan fingerprint density at radius 2 is 1.97 bits per heavy atom. The number of phenolic OH excluding ortho intramolecular Hbond substituents is 1. The number of alkyl halides is 1. The third-order valence-electron chi connectivity index (χ3n) is 7.76. The second-order valence-electron chi connectivity index (χ2n) is 10.6. The molecule has 2 saturated heterocycles. The van der Waals surface area contributed by atoms with Gasteiger partial charge in [-0.25, -0.2) is 13.8 Å². The summed E-state index contributed by atoms with van der Waals surface area (Å²) >= 11 is 0. The molecule has 1 aromatic carbocycles. The van der Waals surface area contributed by atoms with E-state index in [1.54, 1.807) is 24.1 Å². The minimum absolute atomic E-state index is 0.0888. The lowest BCUT2D eigenvalue weighted by atomic mass is 9.68. The second kappa shape index (κ2) is 8.62. The monoisotopic (exact) mass is 496 g/mol. The summed E-state index contributed by atoms with van der Waals surface area (Å²) in [5, 5.41) is 22.6. The maximum Gasteiger partial charge on any atom is 0.251 e. The number of hydrogen-bond donors (Lipinski definition) is 2. The van der Waals surface area contributed by atoms with Gasteiger partial charge in [0.15, 0.2) is 11.6 Å². The molecule has 5 rings (SSSR count). The molecule has 0 spiro atoms. The van der Waals surface area contributed by atoms with Crippen molar-refractivity contribution in [3.63, 3.8) is 0 Å². The molecule has 0 aliphatic carbocycles. The van der Waals surface area contributed by atoms with Crippen molar-refractivity contribution in [2.45, 2.75) is 62.8 Å². The lowest BCUT2D eigenvalue weighted by Gasteiger charge is -2.56. The summed E-state index contributed by atoms with van der Waals surface area (Å²) in [5.74, 6) is -0.132. The number of nitrogens with zero attached hydrogens (tertiary/aromatic N) is 5. The minimum Gasteiger partial charge on any atom is -0.507 e. The summed E-state index contributed by atoms with van der Waals surface area (Å²) in [7, 11) is 3.27. The van der Waals surface area contributed by atoms with Crippen molar-refractivity contribution >= 4 is 5.82 Å². The van der Waals surface area contributed by atoms with E-state index in [4.69, 9.17) is 0 Å². The van der Waals surface area contributed by atoms with E-state index in [9.17, 15) is 14.3 Å². The standard InChI is InChI=1S/C26H30F2N6O2/c1-25-8-5-9-26(2,32-25)23(28)19(12-25)34(4)21-13-29-24(31-30-21)16-7-6-15(10-20(16)35)17-11-22(36)33(3)14-18(17)27/h6-7,10-11,13-14,19,23,32,35H,5,8-9,12H2,1-4H3/t19-,23-,25-,26+/m0/s1. The fourth-order valence-electron chi connectivity index (χ4n) is 5.77. The lowest BCUT2D eigenvalue weighted by Crippen LogP contribution is -2.72. The van der Waals surface area contributed by atoms with Crippen LogP contribution in [0.15, 0.2) is 41.5 Å². The van der Waals surface area contributed by atoms with Gasteiger partial charge in [-0.3, -0.25) is 4.79 Å². The zero-order chi connectivity index (χ0) is 25.8. The average molecular weight is 497 g/mol. The zero-order valence-corrected chi connectivity index (χ0v) is 20.8. The maximum atomic E-state index is 15.6. The summed E-state index contributed by atoms with van der Waals surface area (Å²) in [6.45, 7) is 4.10. The second-order valence-corrected chi connectivity index (χ2v) is 10.6. The molecule has 10 heteroatoms. The molecule has 0 amide bonds. The number of halogens is 2. The zero-order valence-electron chi connectivity index (χ0n) is 20.8. The number of aromatic hydroxyl groups is 1. The Kier molecular flexibility index (Phi) is 5.82. The largest absolute Gasteiger partial charge is 0.507 e. The predicted octanol–water partition coefficient (Wildman–Crippen LogP) is 3.59. The first kappa shape index (κ1) is 24.3. The molecule has 36 heavy (non-hydrogen) atoms. The van der Waals surface area contributed by atoms with Gasteiger partial charge in [0.2, 0.25) is 0 Å². The van der Waals surface area contributed by atoms with E-state index in [2.05, 4.69) is 27.4 Å². The van der Waals surface area contributed by atoms with Crippen LogP contribution in [0.2, 0.25) is 0 Å². The number of nitrogens with one attached hydrogen (secondary N) is 1. The van der Waals surface area contributed by atoms with Gasteiger partial charge in [-0.15, -0.1) is 10.2 Å². The molecule has 4 heterocycles. The van der Waals surface area contributed by atoms with Gasteiger partial charge in [0.05, 0.1) is 17.8 Å². The van der Waals surface area contributed by atoms with Gasteiger partial charge >= 0.3 is 0 Å². The summed E-state index contributed by atoms with van der Waals surface area (Å²) in [5.41, 5.74) is -0.330. The van der Waals surface area contributed by atoms with Crippen LogP contribution in [0.25, 0.3) is 22.5 Å². The summed E-state index contributed by atoms with van der Waals surface area (Å²) in [6, 6.07) is 5.30. The Balaban J connectivity index is 1.39. The van der Waals surface area contributed by atoms with E-state index < -0.39 is 17.5 Å². The van der Waals surface area contributed by atoms with Crippen molar-refractivity contribution in [3.05, 3.63) is 52.8 Å². The van der Waals surface area contributed by atoms with Crippen molar-refractivity contribution in [1.82, 2.24) is 25.1 Å². The number of anilines is 1. The van der Waals surface area contributed by atoms with E-state index in [1.165, 1.54) is 25.4 Å². The van der Waals surface area contributed by atoms with Crippen molar-refractivity contribution in [3.8, 4) is 28.3 Å². The fraction of sp³-hybridized carbons (Fsp3) is 0.462. The molecule has 2 aliphatic heterocycles. The normalized spacial score (nSPS) is 27.6. The van der Waals surface area contributed by atoms with Crippen LogP contribution in [0.3, 0.4) is 0 Å². The first-order chi connectivity index (χ1) is 17.0. The number of aryl methyl sites for hydroxylation is 1. The molecule has 0 radical (unpaired) electrons. The van der Waals surface area contributed by atoms with Gasteiger partial charge in [0.25, 0.3) is 5.56 Å². The predicted molar refractivity (Wildman–Crippen MR) is 133 cm³/mol. The van der Waals surface area contributed by atoms with E-state index in [0.29, 0.717) is 23.4 Å². The first-order valence-corrected chi connectivity index (χ1v) is 12.1. The van der Waals surface area contributed by atoms with Gasteiger partial charge in [-0.05, 0) is 57.2 Å². The van der Waals surface area contributed by atoms with Gasteiger partial charge < -0.3 is 19.9 Å². The summed E-state index contributed by atoms with van der Waals surface area (Å²) in [6.07, 6.45) is 4.97. The molecule has 190 valence electrons. The SMILES string of the molecule is CN(c1cnc(-c2ccc(-c3cc(=O)n(C)cc3F)cc2O)nn1)[C@H]1C[C@]2(C)CCC[C@@](C)(N2)[C@H]1F. The Hall–Kier alpha value is -3.40. The summed E-state index contributed by atoms with van der Waals surface area (Å²) in [4.78, 5) is 18.1. The molecule has 4 atom stereocenters. The van der Waals surface area contributed by atoms with Crippen LogP contribution in [0.1, 0.15) is 39.5 Å². The number of phenols is 1. The molecule has 2 aromatic heterocycles. The smallest absolute Gasteiger partial charge is 0.251 e. The lowest BCUT2D eigenvalue weighted by molar-refractivity contribution is 0.00193. The number of rotatable bonds is 4. The highest BCUT2D eigenvalue weighted by Gasteiger charge is 2.53. The van der Waals surface area contributed by atoms with Crippen LogP contribution < -0.4 is 15.8 Å². The Morgan fingerprint density at radius 1 is 1.19 bits per heavy atom. The van der Waals surface area contributed by atoms with E-state index in [-0.39, 0.29) is 34.3 Å². The fourth-order valence-corrected chi connectivity index (χ4v) is 5.77. The van der Waals surface area contributed by atoms with Crippen LogP contribution >= 0.6 is 0 Å². The highest BCUT2D eigenvalue weighted by atomic mass is 19.1. The Morgan fingerprint density at radius 3 is 2.67 bits per heavy atom. The number of aromatic nitrogens is 4. The Labute approximate surface area is 208 Å². The van der Waals surface area contributed by atoms with Crippen molar-refractivity contribution < 1.29 is 13.9 Å². The van der Waals surface area contributed by atoms with E-state index >= 15 is 4.39 Å². The third-order valence-corrected chi connectivity index (χ3v) is 7.76. The number of hydrogen-bond acceptors (Lipinski definition) is 7. The van der Waals surface area contributed by atoms with E-state index in [0.717, 1.165) is 30.0 Å². The van der Waals surface area contributed by atoms with Crippen LogP contribution in [-0.4, -0.2) is 55.2 Å². The van der Waals surface area contributed by atoms with Crippen LogP contribution in [-0.2, 0) is 7.05 Å². The highest BCUT2D eigenvalue weighted by Crippen LogP contribution is 2.43. The molecule has 0 unspecified atom stereocenters. The molecule has 2 bridgehead atoms. The van der Waals surface area contributed by atoms with Crippen LogP contribution in [0, 0.1) is 5.82 Å². The van der Waals surface area contributed by atoms with Crippen LogP contribution in [0.4, 0.5) is 14.6 Å². The summed E-state index contributed by atoms with van der Waals surface area (Å²) < 4.78 is 31.1. The first-order valence-electron chi connectivity index (χ1n) is 12.1. The van der Waals surface area contributed by atoms with Gasteiger partial charge in [0, 0.05) is 43.0 Å². The molecular formula is C26H30F2N6O2. The number of piperidine rings is 2. The van der Waals surface area contributed by atoms with Crippen molar-refractivity contribution in [2.24, 2.45) is 7.05 Å². The molecule has 0 saturated carbocycles. The number of fused-ring (bicyclic) bond motifs is 2. The highest BCUT2D eigenvalue weighted by molar-refractivity contribution is 5.73. The van der Waals surface area contributed by atoms with Gasteiger partial charge in [-0.2, -0.15) is 0 Å². The number of pyridine rings is 1. The molecule has 2 fully saturated rings. The molecule has 8 nitrogen and oxygen atoms in total. The van der Waals surface area contributed by atoms with Gasteiger partial charge in [-0.1, -0.05) is 6.07 Å². The van der Waals surface area contributed by atoms with Crippen LogP contribution in [0.5, 0.6) is 5.75 Å². The van der Waals surface area contributed by atoms with Gasteiger partial charge in [0.1, 0.15) is 17.7 Å². The topological polar surface area (TPSA) is 96.2 Å². The molecule has 2 N–H and O–H groups in total. The van der Waals surface area contributed by atoms with E-state index in [1.807, 2.05) is 6.92 Å². The third kappa shape index (κ3) is 4.13. The maximum absolute atomic E-state index is 15.6.